The highest BCUT2D eigenvalue weighted by molar-refractivity contribution is 5.62. The van der Waals surface area contributed by atoms with E-state index in [2.05, 4.69) is 0 Å². The third-order valence-electron chi connectivity index (χ3n) is 2.01. The zero-order valence-corrected chi connectivity index (χ0v) is 6.75. The van der Waals surface area contributed by atoms with Crippen molar-refractivity contribution in [1.82, 2.24) is 0 Å². The molecular weight excluding hydrogens is 144 g/mol. The SMILES string of the molecule is C1CC2CCC1O2.CC(=O)O. The van der Waals surface area contributed by atoms with Crippen LogP contribution in [0.25, 0.3) is 0 Å². The van der Waals surface area contributed by atoms with Crippen molar-refractivity contribution < 1.29 is 14.6 Å². The predicted octanol–water partition coefficient (Wildman–Crippen LogP) is 1.42. The first-order valence-electron chi connectivity index (χ1n) is 4.03. The van der Waals surface area contributed by atoms with Gasteiger partial charge in [0.1, 0.15) is 0 Å². The van der Waals surface area contributed by atoms with Crippen molar-refractivity contribution >= 4 is 5.97 Å². The molecule has 0 radical (unpaired) electrons. The summed E-state index contributed by atoms with van der Waals surface area (Å²) in [5.41, 5.74) is 0. The average Bonchev–Trinajstić information content (AvgIpc) is 2.45. The number of hydrogen-bond acceptors (Lipinski definition) is 2. The second-order valence-electron chi connectivity index (χ2n) is 3.05. The molecule has 2 fully saturated rings. The highest BCUT2D eigenvalue weighted by atomic mass is 16.5. The Labute approximate surface area is 66.4 Å². The van der Waals surface area contributed by atoms with Crippen molar-refractivity contribution in [3.63, 3.8) is 0 Å². The lowest BCUT2D eigenvalue weighted by atomic mass is 10.0. The molecule has 0 aliphatic carbocycles. The number of rotatable bonds is 0. The van der Waals surface area contributed by atoms with Crippen molar-refractivity contribution in [3.8, 4) is 0 Å². The van der Waals surface area contributed by atoms with E-state index in [0.717, 1.165) is 6.92 Å². The fourth-order valence-corrected chi connectivity index (χ4v) is 1.58. The second kappa shape index (κ2) is 3.72. The number of fused-ring (bicyclic) bond motifs is 2. The monoisotopic (exact) mass is 158 g/mol. The number of carboxylic acids is 1. The summed E-state index contributed by atoms with van der Waals surface area (Å²) in [6.07, 6.45) is 6.69. The van der Waals surface area contributed by atoms with Gasteiger partial charge >= 0.3 is 0 Å². The summed E-state index contributed by atoms with van der Waals surface area (Å²) in [6.45, 7) is 1.08. The minimum Gasteiger partial charge on any atom is -0.481 e. The quantitative estimate of drug-likeness (QED) is 0.580. The van der Waals surface area contributed by atoms with Gasteiger partial charge in [-0.25, -0.2) is 0 Å². The van der Waals surface area contributed by atoms with Crippen LogP contribution >= 0.6 is 0 Å². The normalized spacial score (nSPS) is 32.8. The van der Waals surface area contributed by atoms with Crippen molar-refractivity contribution in [2.75, 3.05) is 0 Å². The van der Waals surface area contributed by atoms with Gasteiger partial charge in [-0.1, -0.05) is 0 Å². The largest absolute Gasteiger partial charge is 0.481 e. The van der Waals surface area contributed by atoms with E-state index in [1.54, 1.807) is 0 Å². The van der Waals surface area contributed by atoms with Gasteiger partial charge in [0.15, 0.2) is 0 Å². The zero-order valence-electron chi connectivity index (χ0n) is 6.75. The van der Waals surface area contributed by atoms with Crippen LogP contribution in [0.5, 0.6) is 0 Å². The maximum absolute atomic E-state index is 9.00. The third kappa shape index (κ3) is 2.89. The van der Waals surface area contributed by atoms with Gasteiger partial charge in [0, 0.05) is 6.92 Å². The van der Waals surface area contributed by atoms with E-state index in [1.807, 2.05) is 0 Å². The number of aliphatic carboxylic acids is 1. The van der Waals surface area contributed by atoms with Gasteiger partial charge in [0.05, 0.1) is 12.2 Å². The van der Waals surface area contributed by atoms with Crippen LogP contribution in [0.3, 0.4) is 0 Å². The molecule has 0 atom stereocenters. The molecule has 3 heteroatoms. The van der Waals surface area contributed by atoms with E-state index in [-0.39, 0.29) is 0 Å². The summed E-state index contributed by atoms with van der Waals surface area (Å²) in [4.78, 5) is 9.00. The Hall–Kier alpha value is -0.570. The molecule has 64 valence electrons. The fourth-order valence-electron chi connectivity index (χ4n) is 1.58. The van der Waals surface area contributed by atoms with Crippen molar-refractivity contribution in [3.05, 3.63) is 0 Å². The molecule has 1 N–H and O–H groups in total. The summed E-state index contributed by atoms with van der Waals surface area (Å²) in [6, 6.07) is 0. The predicted molar refractivity (Wildman–Crippen MR) is 40.4 cm³/mol. The molecule has 2 bridgehead atoms. The lowest BCUT2D eigenvalue weighted by Crippen LogP contribution is -1.98. The maximum Gasteiger partial charge on any atom is 0.300 e. The average molecular weight is 158 g/mol. The van der Waals surface area contributed by atoms with E-state index in [9.17, 15) is 0 Å². The first kappa shape index (κ1) is 8.53. The van der Waals surface area contributed by atoms with Crippen molar-refractivity contribution in [1.29, 1.82) is 0 Å². The zero-order chi connectivity index (χ0) is 8.27. The molecule has 0 aromatic heterocycles. The Balaban J connectivity index is 0.000000134. The summed E-state index contributed by atoms with van der Waals surface area (Å²) >= 11 is 0. The Morgan fingerprint density at radius 3 is 1.64 bits per heavy atom. The Morgan fingerprint density at radius 2 is 1.55 bits per heavy atom. The van der Waals surface area contributed by atoms with E-state index in [0.29, 0.717) is 12.2 Å². The standard InChI is InChI=1S/C6H10O.C2H4O2/c1-2-6-4-3-5(1)7-6;1-2(3)4/h5-6H,1-4H2;1H3,(H,3,4). The molecule has 11 heavy (non-hydrogen) atoms. The van der Waals surface area contributed by atoms with Gasteiger partial charge in [-0.05, 0) is 25.7 Å². The highest BCUT2D eigenvalue weighted by Crippen LogP contribution is 2.33. The molecular formula is C8H14O3. The van der Waals surface area contributed by atoms with Crippen LogP contribution in [0.1, 0.15) is 32.6 Å². The van der Waals surface area contributed by atoms with Gasteiger partial charge in [-0.2, -0.15) is 0 Å². The third-order valence-corrected chi connectivity index (χ3v) is 2.01. The lowest BCUT2D eigenvalue weighted by Gasteiger charge is -2.00. The first-order valence-corrected chi connectivity index (χ1v) is 4.03. The lowest BCUT2D eigenvalue weighted by molar-refractivity contribution is -0.134. The Bertz CT molecular complexity index is 122. The molecule has 2 saturated heterocycles. The Morgan fingerprint density at radius 1 is 1.27 bits per heavy atom. The van der Waals surface area contributed by atoms with E-state index in [4.69, 9.17) is 14.6 Å². The summed E-state index contributed by atoms with van der Waals surface area (Å²) in [5.74, 6) is -0.833. The van der Waals surface area contributed by atoms with Gasteiger partial charge in [-0.15, -0.1) is 0 Å². The first-order chi connectivity index (χ1) is 5.18. The molecule has 3 nitrogen and oxygen atoms in total. The molecule has 0 unspecified atom stereocenters. The molecule has 2 aliphatic heterocycles. The van der Waals surface area contributed by atoms with Crippen LogP contribution < -0.4 is 0 Å². The summed E-state index contributed by atoms with van der Waals surface area (Å²) < 4.78 is 5.47. The van der Waals surface area contributed by atoms with Crippen LogP contribution in [0, 0.1) is 0 Å². The van der Waals surface area contributed by atoms with Crippen LogP contribution in [0.15, 0.2) is 0 Å². The molecule has 0 aromatic carbocycles. The second-order valence-corrected chi connectivity index (χ2v) is 3.05. The number of hydrogen-bond donors (Lipinski definition) is 1. The smallest absolute Gasteiger partial charge is 0.300 e. The molecule has 2 aliphatic rings. The van der Waals surface area contributed by atoms with Gasteiger partial charge < -0.3 is 9.84 Å². The van der Waals surface area contributed by atoms with Crippen LogP contribution in [0.4, 0.5) is 0 Å². The minimum atomic E-state index is -0.833. The van der Waals surface area contributed by atoms with Crippen LogP contribution in [0.2, 0.25) is 0 Å². The maximum atomic E-state index is 9.00. The molecule has 0 saturated carbocycles. The Kier molecular flexibility index (Phi) is 2.88. The molecule has 2 heterocycles. The molecule has 2 rings (SSSR count). The van der Waals surface area contributed by atoms with E-state index < -0.39 is 5.97 Å². The number of carbonyl (C=O) groups is 1. The van der Waals surface area contributed by atoms with Gasteiger partial charge in [0.25, 0.3) is 5.97 Å². The van der Waals surface area contributed by atoms with Gasteiger partial charge in [-0.3, -0.25) is 4.79 Å². The fraction of sp³-hybridized carbons (Fsp3) is 0.875. The minimum absolute atomic E-state index is 0.671. The topological polar surface area (TPSA) is 46.5 Å². The van der Waals surface area contributed by atoms with E-state index in [1.165, 1.54) is 25.7 Å². The molecule has 0 amide bonds. The van der Waals surface area contributed by atoms with Crippen LogP contribution in [-0.4, -0.2) is 23.3 Å². The molecule has 0 spiro atoms. The number of ether oxygens (including phenoxy) is 1. The van der Waals surface area contributed by atoms with E-state index >= 15 is 0 Å². The summed E-state index contributed by atoms with van der Waals surface area (Å²) in [7, 11) is 0. The molecule has 0 aromatic rings. The van der Waals surface area contributed by atoms with Gasteiger partial charge in [0.2, 0.25) is 0 Å². The summed E-state index contributed by atoms with van der Waals surface area (Å²) in [5, 5.41) is 7.42. The van der Waals surface area contributed by atoms with Crippen molar-refractivity contribution in [2.45, 2.75) is 44.8 Å². The highest BCUT2D eigenvalue weighted by Gasteiger charge is 2.31. The van der Waals surface area contributed by atoms with Crippen LogP contribution in [-0.2, 0) is 9.53 Å². The van der Waals surface area contributed by atoms with Crippen molar-refractivity contribution in [2.24, 2.45) is 0 Å². The number of carboxylic acid groups (broad SMARTS) is 1.